The molecule has 0 atom stereocenters. The summed E-state index contributed by atoms with van der Waals surface area (Å²) in [5.74, 6) is -1.12. The summed E-state index contributed by atoms with van der Waals surface area (Å²) in [4.78, 5) is 10.8. The molecule has 72 valence electrons. The lowest BCUT2D eigenvalue weighted by Crippen LogP contribution is -2.07. The van der Waals surface area contributed by atoms with Crippen LogP contribution >= 0.6 is 0 Å². The van der Waals surface area contributed by atoms with Crippen LogP contribution in [-0.2, 0) is 6.61 Å². The minimum atomic E-state index is -1.12. The first-order valence-corrected chi connectivity index (χ1v) is 3.98. The Hall–Kier alpha value is -1.86. The van der Waals surface area contributed by atoms with Crippen molar-refractivity contribution >= 4 is 5.97 Å². The molecule has 0 fully saturated rings. The Balaban J connectivity index is 3.53. The van der Waals surface area contributed by atoms with Crippen LogP contribution in [0.3, 0.4) is 0 Å². The number of hydrogen-bond donors (Lipinski definition) is 2. The second-order valence-electron chi connectivity index (χ2n) is 2.86. The number of nitrogens with zero attached hydrogens (tertiary/aromatic N) is 1. The molecule has 0 bridgehead atoms. The van der Waals surface area contributed by atoms with E-state index >= 15 is 0 Å². The number of carbonyl (C=O) groups is 1. The molecule has 1 aromatic carbocycles. The molecule has 0 saturated carbocycles. The smallest absolute Gasteiger partial charge is 0.336 e. The van der Waals surface area contributed by atoms with E-state index in [-0.39, 0.29) is 16.7 Å². The number of aliphatic hydroxyl groups excluding tert-OH is 1. The molecule has 4 heteroatoms. The quantitative estimate of drug-likeness (QED) is 0.732. The first-order chi connectivity index (χ1) is 6.61. The average Bonchev–Trinajstić information content (AvgIpc) is 2.16. The van der Waals surface area contributed by atoms with Crippen molar-refractivity contribution in [2.24, 2.45) is 0 Å². The van der Waals surface area contributed by atoms with Crippen LogP contribution in [0.15, 0.2) is 12.1 Å². The molecule has 0 amide bonds. The molecule has 0 heterocycles. The summed E-state index contributed by atoms with van der Waals surface area (Å²) in [6, 6.07) is 4.91. The maximum atomic E-state index is 10.8. The number of aryl methyl sites for hydroxylation is 1. The minimum absolute atomic E-state index is 0.0200. The second kappa shape index (κ2) is 3.90. The third-order valence-corrected chi connectivity index (χ3v) is 2.01. The molecule has 0 unspecified atom stereocenters. The van der Waals surface area contributed by atoms with E-state index < -0.39 is 12.6 Å². The van der Waals surface area contributed by atoms with Crippen molar-refractivity contribution < 1.29 is 15.0 Å². The van der Waals surface area contributed by atoms with E-state index in [0.29, 0.717) is 5.56 Å². The molecule has 1 aromatic rings. The zero-order valence-corrected chi connectivity index (χ0v) is 7.61. The van der Waals surface area contributed by atoms with Crippen LogP contribution in [0.4, 0.5) is 0 Å². The van der Waals surface area contributed by atoms with E-state index in [9.17, 15) is 4.79 Å². The Morgan fingerprint density at radius 2 is 2.21 bits per heavy atom. The van der Waals surface area contributed by atoms with Gasteiger partial charge in [0.2, 0.25) is 0 Å². The number of hydrogen-bond acceptors (Lipinski definition) is 3. The number of nitriles is 1. The van der Waals surface area contributed by atoms with Crippen LogP contribution in [0.5, 0.6) is 0 Å². The predicted octanol–water partition coefficient (Wildman–Crippen LogP) is 1.06. The minimum Gasteiger partial charge on any atom is -0.478 e. The van der Waals surface area contributed by atoms with E-state index in [1.54, 1.807) is 13.0 Å². The molecular weight excluding hydrogens is 182 g/mol. The highest BCUT2D eigenvalue weighted by Gasteiger charge is 2.15. The van der Waals surface area contributed by atoms with Crippen molar-refractivity contribution in [2.75, 3.05) is 0 Å². The van der Waals surface area contributed by atoms with Gasteiger partial charge < -0.3 is 10.2 Å². The van der Waals surface area contributed by atoms with E-state index in [1.807, 2.05) is 6.07 Å². The summed E-state index contributed by atoms with van der Waals surface area (Å²) in [6.07, 6.45) is 0. The summed E-state index contributed by atoms with van der Waals surface area (Å²) in [7, 11) is 0. The third kappa shape index (κ3) is 1.58. The Bertz CT molecular complexity index is 418. The van der Waals surface area contributed by atoms with Crippen molar-refractivity contribution in [2.45, 2.75) is 13.5 Å². The summed E-state index contributed by atoms with van der Waals surface area (Å²) in [5.41, 5.74) is 0.947. The molecule has 0 aliphatic heterocycles. The topological polar surface area (TPSA) is 81.3 Å². The SMILES string of the molecule is Cc1ccc(C#N)c(CO)c1C(=O)O. The molecule has 1 rings (SSSR count). The molecule has 4 nitrogen and oxygen atoms in total. The van der Waals surface area contributed by atoms with Gasteiger partial charge in [0.1, 0.15) is 0 Å². The van der Waals surface area contributed by atoms with E-state index in [2.05, 4.69) is 0 Å². The maximum absolute atomic E-state index is 10.8. The summed E-state index contributed by atoms with van der Waals surface area (Å²) in [6.45, 7) is 1.19. The summed E-state index contributed by atoms with van der Waals surface area (Å²) < 4.78 is 0. The first kappa shape index (κ1) is 10.2. The number of aliphatic hydroxyl groups is 1. The highest BCUT2D eigenvalue weighted by Crippen LogP contribution is 2.18. The van der Waals surface area contributed by atoms with Gasteiger partial charge in [-0.2, -0.15) is 5.26 Å². The molecule has 0 aliphatic rings. The summed E-state index contributed by atoms with van der Waals surface area (Å²) >= 11 is 0. The van der Waals surface area contributed by atoms with Crippen LogP contribution in [0.1, 0.15) is 27.0 Å². The zero-order chi connectivity index (χ0) is 10.7. The lowest BCUT2D eigenvalue weighted by Gasteiger charge is -2.07. The normalized spacial score (nSPS) is 9.50. The largest absolute Gasteiger partial charge is 0.478 e. The fraction of sp³-hybridized carbons (Fsp3) is 0.200. The number of carboxylic acids is 1. The van der Waals surface area contributed by atoms with Crippen molar-refractivity contribution in [3.8, 4) is 6.07 Å². The second-order valence-corrected chi connectivity index (χ2v) is 2.86. The van der Waals surface area contributed by atoms with Gasteiger partial charge in [-0.05, 0) is 18.6 Å². The highest BCUT2D eigenvalue weighted by atomic mass is 16.4. The molecule has 2 N–H and O–H groups in total. The molecular formula is C10H9NO3. The van der Waals surface area contributed by atoms with Gasteiger partial charge in [-0.1, -0.05) is 6.07 Å². The average molecular weight is 191 g/mol. The van der Waals surface area contributed by atoms with Crippen molar-refractivity contribution in [3.05, 3.63) is 34.4 Å². The fourth-order valence-corrected chi connectivity index (χ4v) is 1.33. The van der Waals surface area contributed by atoms with Gasteiger partial charge in [-0.3, -0.25) is 0 Å². The molecule has 0 aliphatic carbocycles. The van der Waals surface area contributed by atoms with Crippen LogP contribution in [0.2, 0.25) is 0 Å². The molecule has 0 aromatic heterocycles. The molecule has 0 saturated heterocycles. The molecule has 0 radical (unpaired) electrons. The van der Waals surface area contributed by atoms with Crippen LogP contribution in [0.25, 0.3) is 0 Å². The Kier molecular flexibility index (Phi) is 2.85. The number of aromatic carboxylic acids is 1. The van der Waals surface area contributed by atoms with Crippen LogP contribution in [-0.4, -0.2) is 16.2 Å². The number of rotatable bonds is 2. The Morgan fingerprint density at radius 1 is 1.57 bits per heavy atom. The predicted molar refractivity (Wildman–Crippen MR) is 48.8 cm³/mol. The van der Waals surface area contributed by atoms with E-state index in [4.69, 9.17) is 15.5 Å². The lowest BCUT2D eigenvalue weighted by atomic mass is 9.98. The van der Waals surface area contributed by atoms with Gasteiger partial charge >= 0.3 is 5.97 Å². The van der Waals surface area contributed by atoms with Gasteiger partial charge in [-0.15, -0.1) is 0 Å². The fourth-order valence-electron chi connectivity index (χ4n) is 1.33. The van der Waals surface area contributed by atoms with Crippen LogP contribution in [0, 0.1) is 18.3 Å². The van der Waals surface area contributed by atoms with Crippen molar-refractivity contribution in [1.29, 1.82) is 5.26 Å². The molecule has 14 heavy (non-hydrogen) atoms. The van der Waals surface area contributed by atoms with E-state index in [1.165, 1.54) is 6.07 Å². The number of benzene rings is 1. The van der Waals surface area contributed by atoms with Crippen molar-refractivity contribution in [3.63, 3.8) is 0 Å². The van der Waals surface area contributed by atoms with Crippen molar-refractivity contribution in [1.82, 2.24) is 0 Å². The Morgan fingerprint density at radius 3 is 2.64 bits per heavy atom. The first-order valence-electron chi connectivity index (χ1n) is 3.98. The lowest BCUT2D eigenvalue weighted by molar-refractivity contribution is 0.0692. The van der Waals surface area contributed by atoms with Gasteiger partial charge in [0.05, 0.1) is 23.8 Å². The third-order valence-electron chi connectivity index (χ3n) is 2.01. The monoisotopic (exact) mass is 191 g/mol. The maximum Gasteiger partial charge on any atom is 0.336 e. The highest BCUT2D eigenvalue weighted by molar-refractivity contribution is 5.91. The summed E-state index contributed by atoms with van der Waals surface area (Å²) in [5, 5.41) is 26.6. The molecule has 0 spiro atoms. The van der Waals surface area contributed by atoms with Gasteiger partial charge in [0, 0.05) is 5.56 Å². The van der Waals surface area contributed by atoms with Crippen LogP contribution < -0.4 is 0 Å². The van der Waals surface area contributed by atoms with Gasteiger partial charge in [0.25, 0.3) is 0 Å². The van der Waals surface area contributed by atoms with Gasteiger partial charge in [-0.25, -0.2) is 4.79 Å². The number of carboxylic acid groups (broad SMARTS) is 1. The van der Waals surface area contributed by atoms with E-state index in [0.717, 1.165) is 0 Å². The van der Waals surface area contributed by atoms with Gasteiger partial charge in [0.15, 0.2) is 0 Å². The standard InChI is InChI=1S/C10H9NO3/c1-6-2-3-7(4-11)8(5-12)9(6)10(13)14/h2-3,12H,5H2,1H3,(H,13,14). The zero-order valence-electron chi connectivity index (χ0n) is 7.61. The Labute approximate surface area is 81.0 Å².